The number of aliphatic carboxylic acids is 1. The first-order valence-corrected chi connectivity index (χ1v) is 6.74. The number of carbonyl (C=O) groups excluding carboxylic acids is 1. The zero-order valence-corrected chi connectivity index (χ0v) is 13.8. The molecule has 0 aliphatic rings. The van der Waals surface area contributed by atoms with Crippen molar-refractivity contribution in [2.75, 3.05) is 0 Å². The molecular formula is C15H10NNaO2S. The van der Waals surface area contributed by atoms with E-state index in [9.17, 15) is 9.90 Å². The van der Waals surface area contributed by atoms with E-state index in [0.717, 1.165) is 22.0 Å². The molecule has 0 fully saturated rings. The third-order valence-electron chi connectivity index (χ3n) is 2.91. The monoisotopic (exact) mass is 291 g/mol. The van der Waals surface area contributed by atoms with Crippen LogP contribution in [-0.4, -0.2) is 11.0 Å². The summed E-state index contributed by atoms with van der Waals surface area (Å²) in [6, 6.07) is 14.1. The van der Waals surface area contributed by atoms with Crippen LogP contribution in [0, 0.1) is 0 Å². The van der Waals surface area contributed by atoms with Crippen LogP contribution in [-0.2, 0) is 11.2 Å². The Balaban J connectivity index is 0.00000147. The summed E-state index contributed by atoms with van der Waals surface area (Å²) in [7, 11) is 0. The Morgan fingerprint density at radius 3 is 2.70 bits per heavy atom. The van der Waals surface area contributed by atoms with Crippen molar-refractivity contribution in [1.29, 1.82) is 0 Å². The van der Waals surface area contributed by atoms with Crippen molar-refractivity contribution in [1.82, 2.24) is 4.98 Å². The smallest absolute Gasteiger partial charge is 0.550 e. The van der Waals surface area contributed by atoms with E-state index in [0.29, 0.717) is 5.01 Å². The molecule has 1 heterocycles. The minimum Gasteiger partial charge on any atom is -0.550 e. The number of carboxylic acid groups (broad SMARTS) is 1. The minimum atomic E-state index is -1.10. The van der Waals surface area contributed by atoms with E-state index >= 15 is 0 Å². The first-order valence-electron chi connectivity index (χ1n) is 5.86. The number of aromatic nitrogens is 1. The zero-order chi connectivity index (χ0) is 13.2. The number of hydrogen-bond donors (Lipinski definition) is 0. The van der Waals surface area contributed by atoms with Gasteiger partial charge in [-0.2, -0.15) is 0 Å². The van der Waals surface area contributed by atoms with Crippen molar-refractivity contribution >= 4 is 28.1 Å². The van der Waals surface area contributed by atoms with E-state index in [1.807, 2.05) is 47.8 Å². The SMILES string of the molecule is O=C([O-])Cc1nc(-c2cccc3ccccc23)cs1.[Na+]. The van der Waals surface area contributed by atoms with E-state index in [2.05, 4.69) is 4.98 Å². The van der Waals surface area contributed by atoms with Crippen LogP contribution in [0.5, 0.6) is 0 Å². The number of benzene rings is 2. The molecule has 3 aromatic rings. The molecule has 0 bridgehead atoms. The van der Waals surface area contributed by atoms with Crippen molar-refractivity contribution in [3.63, 3.8) is 0 Å². The maximum atomic E-state index is 10.6. The molecule has 3 rings (SSSR count). The fraction of sp³-hybridized carbons (Fsp3) is 0.0667. The van der Waals surface area contributed by atoms with Crippen LogP contribution in [0.2, 0.25) is 0 Å². The van der Waals surface area contributed by atoms with E-state index in [1.54, 1.807) is 0 Å². The van der Waals surface area contributed by atoms with Crippen molar-refractivity contribution in [3.8, 4) is 11.3 Å². The fourth-order valence-electron chi connectivity index (χ4n) is 2.09. The van der Waals surface area contributed by atoms with E-state index in [1.165, 1.54) is 11.3 Å². The predicted octanol–water partition coefficient (Wildman–Crippen LogP) is -0.740. The molecule has 3 nitrogen and oxygen atoms in total. The van der Waals surface area contributed by atoms with Crippen LogP contribution in [0.25, 0.3) is 22.0 Å². The predicted molar refractivity (Wildman–Crippen MR) is 73.8 cm³/mol. The number of carboxylic acids is 1. The van der Waals surface area contributed by atoms with Gasteiger partial charge in [-0.25, -0.2) is 4.98 Å². The minimum absolute atomic E-state index is 0. The van der Waals surface area contributed by atoms with E-state index in [4.69, 9.17) is 0 Å². The number of nitrogens with zero attached hydrogens (tertiary/aromatic N) is 1. The van der Waals surface area contributed by atoms with Gasteiger partial charge in [0.2, 0.25) is 0 Å². The number of fused-ring (bicyclic) bond motifs is 1. The second kappa shape index (κ2) is 6.50. The quantitative estimate of drug-likeness (QED) is 0.597. The number of hydrogen-bond acceptors (Lipinski definition) is 4. The van der Waals surface area contributed by atoms with Gasteiger partial charge in [-0.3, -0.25) is 0 Å². The van der Waals surface area contributed by atoms with Gasteiger partial charge < -0.3 is 9.90 Å². The molecule has 0 saturated heterocycles. The van der Waals surface area contributed by atoms with Crippen LogP contribution in [0.1, 0.15) is 5.01 Å². The van der Waals surface area contributed by atoms with Gasteiger partial charge in [0.15, 0.2) is 0 Å². The van der Waals surface area contributed by atoms with Gasteiger partial charge in [0, 0.05) is 23.3 Å². The summed E-state index contributed by atoms with van der Waals surface area (Å²) in [4.78, 5) is 15.0. The topological polar surface area (TPSA) is 53.0 Å². The number of carbonyl (C=O) groups is 1. The van der Waals surface area contributed by atoms with Crippen LogP contribution < -0.4 is 34.7 Å². The Labute approximate surface area is 142 Å². The first kappa shape index (κ1) is 15.2. The Morgan fingerprint density at radius 1 is 1.15 bits per heavy atom. The molecule has 1 aromatic heterocycles. The molecule has 0 saturated carbocycles. The summed E-state index contributed by atoms with van der Waals surface area (Å²) < 4.78 is 0. The third-order valence-corrected chi connectivity index (χ3v) is 3.76. The van der Waals surface area contributed by atoms with Gasteiger partial charge >= 0.3 is 29.6 Å². The first-order chi connectivity index (χ1) is 9.24. The van der Waals surface area contributed by atoms with Crippen LogP contribution in [0.15, 0.2) is 47.8 Å². The Kier molecular flexibility index (Phi) is 4.94. The van der Waals surface area contributed by atoms with Gasteiger partial charge in [-0.15, -0.1) is 11.3 Å². The number of rotatable bonds is 3. The molecular weight excluding hydrogens is 281 g/mol. The molecule has 0 amide bonds. The fourth-order valence-corrected chi connectivity index (χ4v) is 2.87. The van der Waals surface area contributed by atoms with Gasteiger partial charge in [0.25, 0.3) is 0 Å². The molecule has 20 heavy (non-hydrogen) atoms. The van der Waals surface area contributed by atoms with Crippen molar-refractivity contribution in [3.05, 3.63) is 52.9 Å². The maximum absolute atomic E-state index is 10.6. The summed E-state index contributed by atoms with van der Waals surface area (Å²) in [5, 5.41) is 15.3. The van der Waals surface area contributed by atoms with E-state index in [-0.39, 0.29) is 36.0 Å². The molecule has 0 atom stereocenters. The van der Waals surface area contributed by atoms with Gasteiger partial charge in [0.05, 0.1) is 10.7 Å². The second-order valence-electron chi connectivity index (χ2n) is 4.20. The average Bonchev–Trinajstić information content (AvgIpc) is 2.85. The van der Waals surface area contributed by atoms with Crippen LogP contribution >= 0.6 is 11.3 Å². The van der Waals surface area contributed by atoms with Crippen LogP contribution in [0.3, 0.4) is 0 Å². The maximum Gasteiger partial charge on any atom is 1.00 e. The molecule has 0 aliphatic heterocycles. The Morgan fingerprint density at radius 2 is 1.90 bits per heavy atom. The standard InChI is InChI=1S/C15H11NO2S.Na/c17-15(18)8-14-16-13(9-19-14)12-7-3-5-10-4-1-2-6-11(10)12;/h1-7,9H,8H2,(H,17,18);/q;+1/p-1. The van der Waals surface area contributed by atoms with Crippen molar-refractivity contribution in [2.45, 2.75) is 6.42 Å². The Bertz CT molecular complexity index is 749. The van der Waals surface area contributed by atoms with Gasteiger partial charge in [-0.05, 0) is 10.8 Å². The normalized spacial score (nSPS) is 10.2. The zero-order valence-electron chi connectivity index (χ0n) is 11.0. The molecule has 0 unspecified atom stereocenters. The van der Waals surface area contributed by atoms with E-state index < -0.39 is 5.97 Å². The molecule has 0 N–H and O–H groups in total. The molecule has 5 heteroatoms. The van der Waals surface area contributed by atoms with Crippen LogP contribution in [0.4, 0.5) is 0 Å². The number of thiazole rings is 1. The largest absolute Gasteiger partial charge is 1.00 e. The van der Waals surface area contributed by atoms with Crippen molar-refractivity contribution < 1.29 is 39.5 Å². The van der Waals surface area contributed by atoms with Gasteiger partial charge in [-0.1, -0.05) is 42.5 Å². The average molecular weight is 291 g/mol. The van der Waals surface area contributed by atoms with Gasteiger partial charge in [0.1, 0.15) is 0 Å². The van der Waals surface area contributed by atoms with Crippen molar-refractivity contribution in [2.24, 2.45) is 0 Å². The summed E-state index contributed by atoms with van der Waals surface area (Å²) in [5.41, 5.74) is 1.84. The third kappa shape index (κ3) is 3.10. The summed E-state index contributed by atoms with van der Waals surface area (Å²) >= 11 is 1.35. The second-order valence-corrected chi connectivity index (χ2v) is 5.14. The summed E-state index contributed by atoms with van der Waals surface area (Å²) in [5.74, 6) is -1.10. The molecule has 94 valence electrons. The molecule has 0 radical (unpaired) electrons. The molecule has 0 aliphatic carbocycles. The summed E-state index contributed by atoms with van der Waals surface area (Å²) in [6.07, 6.45) is -0.130. The molecule has 2 aromatic carbocycles. The summed E-state index contributed by atoms with van der Waals surface area (Å²) in [6.45, 7) is 0. The molecule has 0 spiro atoms. The Hall–Kier alpha value is -1.20.